The number of esters is 1. The second-order valence-corrected chi connectivity index (χ2v) is 12.8. The number of carboxylic acid groups (broad SMARTS) is 1. The minimum absolute atomic E-state index is 0.0714. The minimum Gasteiger partial charge on any atom is -0.480 e. The van der Waals surface area contributed by atoms with Gasteiger partial charge in [-0.1, -0.05) is 140 Å². The van der Waals surface area contributed by atoms with Gasteiger partial charge in [-0.25, -0.2) is 0 Å². The molecule has 6 nitrogen and oxygen atoms in total. The molecule has 0 aliphatic rings. The lowest BCUT2D eigenvalue weighted by Crippen LogP contribution is -2.28. The second kappa shape index (κ2) is 36.2. The van der Waals surface area contributed by atoms with Crippen molar-refractivity contribution in [3.8, 4) is 0 Å². The van der Waals surface area contributed by atoms with Crippen LogP contribution >= 0.6 is 0 Å². The van der Waals surface area contributed by atoms with E-state index in [9.17, 15) is 14.4 Å². The van der Waals surface area contributed by atoms with E-state index in [2.05, 4.69) is 67.8 Å². The number of carboxylic acids is 1. The molecule has 0 fully saturated rings. The molecular weight excluding hydrogens is 586 g/mol. The van der Waals surface area contributed by atoms with Crippen LogP contribution in [-0.2, 0) is 19.1 Å². The highest BCUT2D eigenvalue weighted by atomic mass is 16.5. The molecule has 1 atom stereocenters. The van der Waals surface area contributed by atoms with Crippen molar-refractivity contribution >= 4 is 17.8 Å². The van der Waals surface area contributed by atoms with Gasteiger partial charge in [0.25, 0.3) is 0 Å². The van der Waals surface area contributed by atoms with Gasteiger partial charge in [0.05, 0.1) is 0 Å². The zero-order valence-electron chi connectivity index (χ0n) is 30.4. The summed E-state index contributed by atoms with van der Waals surface area (Å²) in [5, 5.41) is 11.0. The molecule has 0 spiro atoms. The highest BCUT2D eigenvalue weighted by Gasteiger charge is 2.11. The largest absolute Gasteiger partial charge is 0.480 e. The molecule has 6 heteroatoms. The molecule has 0 aromatic rings. The van der Waals surface area contributed by atoms with Crippen molar-refractivity contribution in [3.05, 3.63) is 48.6 Å². The number of aliphatic carboxylic acids is 1. The molecule has 0 bridgehead atoms. The summed E-state index contributed by atoms with van der Waals surface area (Å²) in [6.45, 7) is 4.09. The topological polar surface area (TPSA) is 92.7 Å². The van der Waals surface area contributed by atoms with Crippen LogP contribution < -0.4 is 5.32 Å². The van der Waals surface area contributed by atoms with Crippen LogP contribution in [0.4, 0.5) is 0 Å². The van der Waals surface area contributed by atoms with Crippen molar-refractivity contribution in [2.75, 3.05) is 6.54 Å². The third kappa shape index (κ3) is 36.1. The Kier molecular flexibility index (Phi) is 34.2. The standard InChI is InChI=1S/C41H71NO5/c1-3-5-7-9-11-13-14-15-16-17-18-20-22-28-32-36-41(46)47-38(33-29-25-21-19-12-10-8-6-4-2)34-30-26-23-24-27-31-35-39(43)42-37-40(44)45/h5,7,11,13,15-16,29,33,38H,3-4,6,8-10,12,14,17-28,30-32,34-37H2,1-2H3,(H,42,43)(H,44,45)/b7-5-,13-11-,16-15-,33-29-. The van der Waals surface area contributed by atoms with Crippen LogP contribution in [0.3, 0.4) is 0 Å². The summed E-state index contributed by atoms with van der Waals surface area (Å²) in [7, 11) is 0. The van der Waals surface area contributed by atoms with Crippen LogP contribution in [0.25, 0.3) is 0 Å². The number of amides is 1. The maximum absolute atomic E-state index is 12.7. The van der Waals surface area contributed by atoms with E-state index >= 15 is 0 Å². The monoisotopic (exact) mass is 658 g/mol. The molecule has 2 N–H and O–H groups in total. The van der Waals surface area contributed by atoms with Gasteiger partial charge in [-0.15, -0.1) is 0 Å². The Bertz CT molecular complexity index is 860. The molecule has 1 unspecified atom stereocenters. The van der Waals surface area contributed by atoms with E-state index < -0.39 is 5.97 Å². The van der Waals surface area contributed by atoms with Gasteiger partial charge >= 0.3 is 11.9 Å². The van der Waals surface area contributed by atoms with Gasteiger partial charge in [-0.2, -0.15) is 0 Å². The summed E-state index contributed by atoms with van der Waals surface area (Å²) >= 11 is 0. The lowest BCUT2D eigenvalue weighted by Gasteiger charge is -2.15. The fourth-order valence-corrected chi connectivity index (χ4v) is 5.38. The number of hydrogen-bond donors (Lipinski definition) is 2. The fourth-order valence-electron chi connectivity index (χ4n) is 5.38. The Balaban J connectivity index is 4.22. The Morgan fingerprint density at radius 2 is 1.11 bits per heavy atom. The molecule has 0 aliphatic heterocycles. The van der Waals surface area contributed by atoms with Gasteiger partial charge in [0.15, 0.2) is 0 Å². The van der Waals surface area contributed by atoms with E-state index in [0.29, 0.717) is 12.8 Å². The van der Waals surface area contributed by atoms with Crippen LogP contribution in [0.1, 0.15) is 181 Å². The predicted molar refractivity (Wildman–Crippen MR) is 198 cm³/mol. The molecule has 47 heavy (non-hydrogen) atoms. The number of carbonyl (C=O) groups excluding carboxylic acids is 2. The summed E-state index contributed by atoms with van der Waals surface area (Å²) in [4.78, 5) is 34.8. The van der Waals surface area contributed by atoms with Gasteiger partial charge in [0, 0.05) is 12.8 Å². The number of carbonyl (C=O) groups is 3. The summed E-state index contributed by atoms with van der Waals surface area (Å²) in [6.07, 6.45) is 45.3. The molecule has 0 aromatic carbocycles. The van der Waals surface area contributed by atoms with Crippen LogP contribution in [0.5, 0.6) is 0 Å². The lowest BCUT2D eigenvalue weighted by molar-refractivity contribution is -0.147. The van der Waals surface area contributed by atoms with Crippen molar-refractivity contribution in [1.82, 2.24) is 5.32 Å². The van der Waals surface area contributed by atoms with E-state index in [1.54, 1.807) is 0 Å². The Labute approximate surface area is 289 Å². The average molecular weight is 658 g/mol. The van der Waals surface area contributed by atoms with Gasteiger partial charge in [0.2, 0.25) is 5.91 Å². The number of hydrogen-bond acceptors (Lipinski definition) is 4. The Hall–Kier alpha value is -2.63. The molecule has 0 heterocycles. The number of allylic oxidation sites excluding steroid dienone is 7. The highest BCUT2D eigenvalue weighted by molar-refractivity contribution is 5.80. The van der Waals surface area contributed by atoms with Crippen LogP contribution in [-0.4, -0.2) is 35.6 Å². The molecule has 270 valence electrons. The van der Waals surface area contributed by atoms with E-state index in [4.69, 9.17) is 9.84 Å². The summed E-state index contributed by atoms with van der Waals surface area (Å²) in [5.41, 5.74) is 0. The molecule has 0 radical (unpaired) electrons. The third-order valence-corrected chi connectivity index (χ3v) is 8.22. The zero-order chi connectivity index (χ0) is 34.5. The van der Waals surface area contributed by atoms with Gasteiger partial charge in [-0.3, -0.25) is 14.4 Å². The molecule has 0 aliphatic carbocycles. The Morgan fingerprint density at radius 3 is 1.72 bits per heavy atom. The van der Waals surface area contributed by atoms with Crippen LogP contribution in [0.2, 0.25) is 0 Å². The number of ether oxygens (including phenoxy) is 1. The van der Waals surface area contributed by atoms with E-state index in [1.165, 1.54) is 64.2 Å². The first kappa shape index (κ1) is 44.4. The van der Waals surface area contributed by atoms with E-state index in [-0.39, 0.29) is 24.5 Å². The first-order chi connectivity index (χ1) is 23.0. The Morgan fingerprint density at radius 1 is 0.596 bits per heavy atom. The first-order valence-electron chi connectivity index (χ1n) is 19.3. The average Bonchev–Trinajstić information content (AvgIpc) is 3.05. The van der Waals surface area contributed by atoms with Crippen molar-refractivity contribution in [2.24, 2.45) is 0 Å². The van der Waals surface area contributed by atoms with E-state index in [0.717, 1.165) is 89.9 Å². The van der Waals surface area contributed by atoms with Gasteiger partial charge < -0.3 is 15.2 Å². The van der Waals surface area contributed by atoms with Crippen molar-refractivity contribution in [2.45, 2.75) is 187 Å². The predicted octanol–water partition coefficient (Wildman–Crippen LogP) is 11.5. The normalized spacial score (nSPS) is 12.6. The first-order valence-corrected chi connectivity index (χ1v) is 19.3. The maximum Gasteiger partial charge on any atom is 0.322 e. The van der Waals surface area contributed by atoms with Crippen molar-refractivity contribution in [3.63, 3.8) is 0 Å². The number of nitrogens with one attached hydrogen (secondary N) is 1. The molecule has 0 rings (SSSR count). The van der Waals surface area contributed by atoms with Gasteiger partial charge in [-0.05, 0) is 76.7 Å². The molecule has 0 aromatic heterocycles. The maximum atomic E-state index is 12.7. The van der Waals surface area contributed by atoms with Crippen molar-refractivity contribution in [1.29, 1.82) is 0 Å². The zero-order valence-corrected chi connectivity index (χ0v) is 30.4. The van der Waals surface area contributed by atoms with Crippen LogP contribution in [0.15, 0.2) is 48.6 Å². The smallest absolute Gasteiger partial charge is 0.322 e. The van der Waals surface area contributed by atoms with Crippen LogP contribution in [0, 0.1) is 0 Å². The summed E-state index contributed by atoms with van der Waals surface area (Å²) in [5.74, 6) is -1.29. The third-order valence-electron chi connectivity index (χ3n) is 8.22. The lowest BCUT2D eigenvalue weighted by atomic mass is 10.0. The molecule has 0 saturated carbocycles. The molecule has 0 saturated heterocycles. The number of unbranched alkanes of at least 4 members (excludes halogenated alkanes) is 17. The fraction of sp³-hybridized carbons (Fsp3) is 0.732. The SMILES string of the molecule is CC/C=C\C/C=C\C/C=C\CCCCCCCC(=O)OC(/C=C\CCCCCCCCC)CCCCCCCCC(=O)NCC(=O)O. The molecular formula is C41H71NO5. The quantitative estimate of drug-likeness (QED) is 0.0408. The minimum atomic E-state index is -1.02. The van der Waals surface area contributed by atoms with Gasteiger partial charge in [0.1, 0.15) is 12.6 Å². The highest BCUT2D eigenvalue weighted by Crippen LogP contribution is 2.16. The second-order valence-electron chi connectivity index (χ2n) is 12.8. The number of rotatable bonds is 34. The van der Waals surface area contributed by atoms with Crippen molar-refractivity contribution < 1.29 is 24.2 Å². The summed E-state index contributed by atoms with van der Waals surface area (Å²) in [6, 6.07) is 0. The molecule has 1 amide bonds. The van der Waals surface area contributed by atoms with E-state index in [1.807, 2.05) is 0 Å². The summed E-state index contributed by atoms with van der Waals surface area (Å²) < 4.78 is 5.92.